The van der Waals surface area contributed by atoms with E-state index < -0.39 is 10.0 Å². The molecule has 134 valence electrons. The van der Waals surface area contributed by atoms with Gasteiger partial charge in [-0.05, 0) is 55.0 Å². The minimum atomic E-state index is -3.73. The van der Waals surface area contributed by atoms with Crippen LogP contribution in [0, 0.1) is 6.92 Å². The van der Waals surface area contributed by atoms with Gasteiger partial charge in [0.25, 0.3) is 15.9 Å². The number of hydrogen-bond donors (Lipinski definition) is 2. The fourth-order valence-electron chi connectivity index (χ4n) is 2.04. The van der Waals surface area contributed by atoms with Crippen molar-refractivity contribution in [3.05, 3.63) is 48.0 Å². The lowest BCUT2D eigenvalue weighted by molar-refractivity contribution is -0.122. The van der Waals surface area contributed by atoms with Crippen LogP contribution in [0.4, 0.5) is 5.69 Å². The number of ether oxygens (including phenoxy) is 2. The maximum absolute atomic E-state index is 12.5. The molecular weight excluding hydrogens is 344 g/mol. The maximum Gasteiger partial charge on any atom is 0.261 e. The lowest BCUT2D eigenvalue weighted by atomic mass is 10.2. The van der Waals surface area contributed by atoms with Crippen LogP contribution in [0.25, 0.3) is 0 Å². The fraction of sp³-hybridized carbons (Fsp3) is 0.235. The number of amides is 1. The molecule has 0 aromatic heterocycles. The zero-order chi connectivity index (χ0) is 18.4. The highest BCUT2D eigenvalue weighted by atomic mass is 32.2. The standard InChI is InChI=1S/C17H20N2O5S/c1-12-10-15(8-9-16(12)24-11-17(20)18-2)25(21,22)19-13-4-6-14(23-3)7-5-13/h4-10,19H,11H2,1-3H3,(H,18,20). The summed E-state index contributed by atoms with van der Waals surface area (Å²) in [6, 6.07) is 11.0. The van der Waals surface area contributed by atoms with E-state index in [4.69, 9.17) is 9.47 Å². The molecule has 0 radical (unpaired) electrons. The molecule has 0 atom stereocenters. The molecule has 0 heterocycles. The van der Waals surface area contributed by atoms with Gasteiger partial charge in [0, 0.05) is 12.7 Å². The van der Waals surface area contributed by atoms with E-state index in [1.807, 2.05) is 0 Å². The second kappa shape index (κ2) is 7.89. The molecule has 0 spiro atoms. The number of methoxy groups -OCH3 is 1. The first-order valence-corrected chi connectivity index (χ1v) is 8.95. The van der Waals surface area contributed by atoms with Crippen LogP contribution in [0.5, 0.6) is 11.5 Å². The van der Waals surface area contributed by atoms with Gasteiger partial charge < -0.3 is 14.8 Å². The Bertz CT molecular complexity index is 848. The molecular formula is C17H20N2O5S. The van der Waals surface area contributed by atoms with Crippen molar-refractivity contribution in [2.75, 3.05) is 25.5 Å². The van der Waals surface area contributed by atoms with Crippen LogP contribution in [0.2, 0.25) is 0 Å². The Hall–Kier alpha value is -2.74. The zero-order valence-corrected chi connectivity index (χ0v) is 15.0. The van der Waals surface area contributed by atoms with Crippen LogP contribution in [-0.2, 0) is 14.8 Å². The second-order valence-corrected chi connectivity index (χ2v) is 6.91. The minimum absolute atomic E-state index is 0.105. The summed E-state index contributed by atoms with van der Waals surface area (Å²) >= 11 is 0. The van der Waals surface area contributed by atoms with E-state index in [2.05, 4.69) is 10.0 Å². The summed E-state index contributed by atoms with van der Waals surface area (Å²) in [4.78, 5) is 11.3. The van der Waals surface area contributed by atoms with Crippen molar-refractivity contribution in [3.8, 4) is 11.5 Å². The highest BCUT2D eigenvalue weighted by Gasteiger charge is 2.16. The SMILES string of the molecule is CNC(=O)COc1ccc(S(=O)(=O)Nc2ccc(OC)cc2)cc1C. The number of benzene rings is 2. The summed E-state index contributed by atoms with van der Waals surface area (Å²) in [5, 5.41) is 2.45. The highest BCUT2D eigenvalue weighted by molar-refractivity contribution is 7.92. The number of hydrogen-bond acceptors (Lipinski definition) is 5. The molecule has 25 heavy (non-hydrogen) atoms. The third-order valence-electron chi connectivity index (χ3n) is 3.44. The number of sulfonamides is 1. The lowest BCUT2D eigenvalue weighted by Crippen LogP contribution is -2.25. The minimum Gasteiger partial charge on any atom is -0.497 e. The van der Waals surface area contributed by atoms with E-state index in [-0.39, 0.29) is 17.4 Å². The normalized spacial score (nSPS) is 10.8. The molecule has 0 saturated heterocycles. The summed E-state index contributed by atoms with van der Waals surface area (Å²) in [7, 11) is -0.683. The first kappa shape index (κ1) is 18.6. The predicted molar refractivity (Wildman–Crippen MR) is 94.5 cm³/mol. The Labute approximate surface area is 147 Å². The molecule has 0 unspecified atom stereocenters. The Kier molecular flexibility index (Phi) is 5.87. The Balaban J connectivity index is 2.15. The van der Waals surface area contributed by atoms with Gasteiger partial charge in [0.1, 0.15) is 11.5 Å². The van der Waals surface area contributed by atoms with Crippen molar-refractivity contribution >= 4 is 21.6 Å². The van der Waals surface area contributed by atoms with Crippen molar-refractivity contribution in [2.24, 2.45) is 0 Å². The number of nitrogens with one attached hydrogen (secondary N) is 2. The summed E-state index contributed by atoms with van der Waals surface area (Å²) in [5.41, 5.74) is 1.04. The van der Waals surface area contributed by atoms with Gasteiger partial charge in [-0.3, -0.25) is 9.52 Å². The smallest absolute Gasteiger partial charge is 0.261 e. The van der Waals surface area contributed by atoms with Crippen molar-refractivity contribution in [2.45, 2.75) is 11.8 Å². The molecule has 0 fully saturated rings. The predicted octanol–water partition coefficient (Wildman–Crippen LogP) is 1.93. The summed E-state index contributed by atoms with van der Waals surface area (Å²) in [6.07, 6.45) is 0. The van der Waals surface area contributed by atoms with Crippen LogP contribution in [0.3, 0.4) is 0 Å². The molecule has 1 amide bonds. The average Bonchev–Trinajstić information content (AvgIpc) is 2.60. The van der Waals surface area contributed by atoms with Crippen molar-refractivity contribution < 1.29 is 22.7 Å². The van der Waals surface area contributed by atoms with E-state index in [0.29, 0.717) is 22.7 Å². The molecule has 7 nitrogen and oxygen atoms in total. The summed E-state index contributed by atoms with van der Waals surface area (Å²) < 4.78 is 37.9. The zero-order valence-electron chi connectivity index (χ0n) is 14.2. The molecule has 2 aromatic carbocycles. The molecule has 2 N–H and O–H groups in total. The van der Waals surface area contributed by atoms with Gasteiger partial charge in [0.15, 0.2) is 6.61 Å². The first-order valence-electron chi connectivity index (χ1n) is 7.46. The Morgan fingerprint density at radius 1 is 1.12 bits per heavy atom. The Morgan fingerprint density at radius 3 is 2.36 bits per heavy atom. The molecule has 0 aliphatic rings. The first-order chi connectivity index (χ1) is 11.9. The van der Waals surface area contributed by atoms with Gasteiger partial charge in [-0.2, -0.15) is 0 Å². The third-order valence-corrected chi connectivity index (χ3v) is 4.82. The number of rotatable bonds is 7. The topological polar surface area (TPSA) is 93.7 Å². The van der Waals surface area contributed by atoms with E-state index in [1.54, 1.807) is 31.2 Å². The van der Waals surface area contributed by atoms with Gasteiger partial charge in [-0.15, -0.1) is 0 Å². The number of carbonyl (C=O) groups is 1. The number of aryl methyl sites for hydroxylation is 1. The van der Waals surface area contributed by atoms with Gasteiger partial charge in [-0.25, -0.2) is 8.42 Å². The molecule has 2 rings (SSSR count). The van der Waals surface area contributed by atoms with Crippen molar-refractivity contribution in [3.63, 3.8) is 0 Å². The molecule has 8 heteroatoms. The maximum atomic E-state index is 12.5. The molecule has 0 saturated carbocycles. The van der Waals surface area contributed by atoms with E-state index in [9.17, 15) is 13.2 Å². The summed E-state index contributed by atoms with van der Waals surface area (Å²) in [5.74, 6) is 0.820. The van der Waals surface area contributed by atoms with Gasteiger partial charge in [0.05, 0.1) is 12.0 Å². The quantitative estimate of drug-likeness (QED) is 0.783. The van der Waals surface area contributed by atoms with Crippen LogP contribution < -0.4 is 19.5 Å². The number of anilines is 1. The van der Waals surface area contributed by atoms with Gasteiger partial charge >= 0.3 is 0 Å². The van der Waals surface area contributed by atoms with E-state index in [1.165, 1.54) is 32.4 Å². The number of likely N-dealkylation sites (N-methyl/N-ethyl adjacent to an activating group) is 1. The van der Waals surface area contributed by atoms with Crippen LogP contribution in [-0.4, -0.2) is 35.1 Å². The fourth-order valence-corrected chi connectivity index (χ4v) is 3.18. The Morgan fingerprint density at radius 2 is 1.80 bits per heavy atom. The molecule has 0 bridgehead atoms. The second-order valence-electron chi connectivity index (χ2n) is 5.22. The van der Waals surface area contributed by atoms with Crippen molar-refractivity contribution in [1.29, 1.82) is 0 Å². The largest absolute Gasteiger partial charge is 0.497 e. The molecule has 0 aliphatic heterocycles. The highest BCUT2D eigenvalue weighted by Crippen LogP contribution is 2.24. The summed E-state index contributed by atoms with van der Waals surface area (Å²) in [6.45, 7) is 1.58. The lowest BCUT2D eigenvalue weighted by Gasteiger charge is -2.12. The number of carbonyl (C=O) groups excluding carboxylic acids is 1. The van der Waals surface area contributed by atoms with E-state index >= 15 is 0 Å². The van der Waals surface area contributed by atoms with Crippen LogP contribution in [0.15, 0.2) is 47.4 Å². The third kappa shape index (κ3) is 4.87. The molecule has 0 aliphatic carbocycles. The monoisotopic (exact) mass is 364 g/mol. The molecule has 2 aromatic rings. The van der Waals surface area contributed by atoms with Crippen LogP contribution >= 0.6 is 0 Å². The van der Waals surface area contributed by atoms with Gasteiger partial charge in [-0.1, -0.05) is 0 Å². The van der Waals surface area contributed by atoms with Gasteiger partial charge in [0.2, 0.25) is 0 Å². The van der Waals surface area contributed by atoms with E-state index in [0.717, 1.165) is 0 Å². The van der Waals surface area contributed by atoms with Crippen LogP contribution in [0.1, 0.15) is 5.56 Å². The van der Waals surface area contributed by atoms with Crippen molar-refractivity contribution in [1.82, 2.24) is 5.32 Å². The average molecular weight is 364 g/mol.